The molecule has 0 radical (unpaired) electrons. The zero-order chi connectivity index (χ0) is 17.5. The molecule has 24 heavy (non-hydrogen) atoms. The molecule has 0 aliphatic carbocycles. The molecule has 0 atom stereocenters. The lowest BCUT2D eigenvalue weighted by atomic mass is 10.2. The lowest BCUT2D eigenvalue weighted by molar-refractivity contribution is -0.142. The number of ether oxygens (including phenoxy) is 2. The van der Waals surface area contributed by atoms with Gasteiger partial charge in [0, 0.05) is 17.0 Å². The summed E-state index contributed by atoms with van der Waals surface area (Å²) in [6.45, 7) is 2.08. The normalized spacial score (nSPS) is 10.8. The van der Waals surface area contributed by atoms with Gasteiger partial charge in [-0.2, -0.15) is 5.10 Å². The second-order valence-corrected chi connectivity index (χ2v) is 6.22. The molecule has 1 aromatic carbocycles. The first-order valence-electron chi connectivity index (χ1n) is 6.95. The standard InChI is InChI=1S/C15H15BrFN3O3S/c1-3-23-14(21)5-10-8-24-15(19-10)20-18-7-9-4-11(16)13(22-2)6-12(9)17/h4,6-8H,3,5H2,1-2H3,(H,19,20). The van der Waals surface area contributed by atoms with Gasteiger partial charge in [-0.25, -0.2) is 9.37 Å². The van der Waals surface area contributed by atoms with Crippen LogP contribution in [0.4, 0.5) is 9.52 Å². The molecule has 1 heterocycles. The highest BCUT2D eigenvalue weighted by molar-refractivity contribution is 9.10. The summed E-state index contributed by atoms with van der Waals surface area (Å²) >= 11 is 4.58. The number of hydrazone groups is 1. The number of nitrogens with zero attached hydrogens (tertiary/aromatic N) is 2. The number of hydrogen-bond acceptors (Lipinski definition) is 7. The number of methoxy groups -OCH3 is 1. The Morgan fingerprint density at radius 2 is 2.33 bits per heavy atom. The van der Waals surface area contributed by atoms with Crippen LogP contribution in [-0.2, 0) is 16.0 Å². The van der Waals surface area contributed by atoms with Crippen molar-refractivity contribution in [1.29, 1.82) is 0 Å². The number of carbonyl (C=O) groups excluding carboxylic acids is 1. The number of thiazole rings is 1. The second kappa shape index (κ2) is 8.74. The van der Waals surface area contributed by atoms with E-state index in [1.54, 1.807) is 18.4 Å². The van der Waals surface area contributed by atoms with Crippen molar-refractivity contribution in [3.05, 3.63) is 39.1 Å². The number of rotatable bonds is 7. The molecule has 0 spiro atoms. The number of benzene rings is 1. The molecular formula is C15H15BrFN3O3S. The maximum absolute atomic E-state index is 13.9. The van der Waals surface area contributed by atoms with E-state index >= 15 is 0 Å². The van der Waals surface area contributed by atoms with Crippen LogP contribution in [-0.4, -0.2) is 30.9 Å². The van der Waals surface area contributed by atoms with Crippen molar-refractivity contribution in [3.63, 3.8) is 0 Å². The third kappa shape index (κ3) is 5.00. The fourth-order valence-corrected chi connectivity index (χ4v) is 2.94. The lowest BCUT2D eigenvalue weighted by Gasteiger charge is -2.04. The van der Waals surface area contributed by atoms with E-state index in [2.05, 4.69) is 31.4 Å². The average molecular weight is 416 g/mol. The fourth-order valence-electron chi connectivity index (χ4n) is 1.76. The van der Waals surface area contributed by atoms with Crippen LogP contribution >= 0.6 is 27.3 Å². The van der Waals surface area contributed by atoms with Gasteiger partial charge in [0.15, 0.2) is 0 Å². The molecule has 0 unspecified atom stereocenters. The van der Waals surface area contributed by atoms with E-state index in [1.807, 2.05) is 0 Å². The van der Waals surface area contributed by atoms with Crippen LogP contribution in [0.1, 0.15) is 18.2 Å². The molecule has 0 saturated carbocycles. The molecule has 9 heteroatoms. The molecule has 2 rings (SSSR count). The first kappa shape index (κ1) is 18.3. The second-order valence-electron chi connectivity index (χ2n) is 4.50. The molecule has 0 fully saturated rings. The van der Waals surface area contributed by atoms with E-state index in [9.17, 15) is 9.18 Å². The van der Waals surface area contributed by atoms with E-state index in [-0.39, 0.29) is 12.4 Å². The Morgan fingerprint density at radius 1 is 1.54 bits per heavy atom. The van der Waals surface area contributed by atoms with Crippen LogP contribution in [0.2, 0.25) is 0 Å². The maximum atomic E-state index is 13.9. The quantitative estimate of drug-likeness (QED) is 0.424. The van der Waals surface area contributed by atoms with Crippen LogP contribution in [0.5, 0.6) is 5.75 Å². The van der Waals surface area contributed by atoms with Crippen molar-refractivity contribution in [3.8, 4) is 5.75 Å². The van der Waals surface area contributed by atoms with Crippen molar-refractivity contribution in [2.24, 2.45) is 5.10 Å². The Hall–Kier alpha value is -2.00. The van der Waals surface area contributed by atoms with Crippen molar-refractivity contribution in [2.45, 2.75) is 13.3 Å². The zero-order valence-electron chi connectivity index (χ0n) is 13.0. The van der Waals surface area contributed by atoms with Gasteiger partial charge in [0.25, 0.3) is 0 Å². The summed E-state index contributed by atoms with van der Waals surface area (Å²) < 4.78 is 24.4. The first-order chi connectivity index (χ1) is 11.5. The molecule has 0 saturated heterocycles. The van der Waals surface area contributed by atoms with Crippen molar-refractivity contribution < 1.29 is 18.7 Å². The molecule has 6 nitrogen and oxygen atoms in total. The minimum Gasteiger partial charge on any atom is -0.495 e. The summed E-state index contributed by atoms with van der Waals surface area (Å²) in [5.41, 5.74) is 3.59. The predicted octanol–water partition coefficient (Wildman–Crippen LogP) is 3.60. The molecule has 1 aromatic heterocycles. The molecule has 128 valence electrons. The topological polar surface area (TPSA) is 72.8 Å². The maximum Gasteiger partial charge on any atom is 0.311 e. The fraction of sp³-hybridized carbons (Fsp3) is 0.267. The summed E-state index contributed by atoms with van der Waals surface area (Å²) in [5, 5.41) is 6.19. The van der Waals surface area contributed by atoms with Crippen molar-refractivity contribution >= 4 is 44.6 Å². The van der Waals surface area contributed by atoms with Gasteiger partial charge >= 0.3 is 5.97 Å². The smallest absolute Gasteiger partial charge is 0.311 e. The van der Waals surface area contributed by atoms with Crippen LogP contribution in [0.15, 0.2) is 27.1 Å². The van der Waals surface area contributed by atoms with E-state index in [4.69, 9.17) is 9.47 Å². The summed E-state index contributed by atoms with van der Waals surface area (Å²) in [4.78, 5) is 15.6. The first-order valence-corrected chi connectivity index (χ1v) is 8.63. The summed E-state index contributed by atoms with van der Waals surface area (Å²) in [5.74, 6) is -0.383. The van der Waals surface area contributed by atoms with Gasteiger partial charge in [0.2, 0.25) is 5.13 Å². The minimum atomic E-state index is -0.456. The Balaban J connectivity index is 1.98. The Labute approximate surface area is 150 Å². The SMILES string of the molecule is CCOC(=O)Cc1csc(NN=Cc2cc(Br)c(OC)cc2F)n1. The number of halogens is 2. The van der Waals surface area contributed by atoms with E-state index < -0.39 is 5.82 Å². The third-order valence-electron chi connectivity index (χ3n) is 2.82. The van der Waals surface area contributed by atoms with Gasteiger partial charge in [-0.1, -0.05) is 0 Å². The summed E-state index contributed by atoms with van der Waals surface area (Å²) in [6, 6.07) is 2.83. The van der Waals surface area contributed by atoms with Gasteiger partial charge in [-0.15, -0.1) is 11.3 Å². The highest BCUT2D eigenvalue weighted by Crippen LogP contribution is 2.27. The van der Waals surface area contributed by atoms with E-state index in [0.717, 1.165) is 0 Å². The number of anilines is 1. The molecule has 0 aliphatic heterocycles. The van der Waals surface area contributed by atoms with Gasteiger partial charge in [-0.05, 0) is 28.9 Å². The number of hydrogen-bond donors (Lipinski definition) is 1. The largest absolute Gasteiger partial charge is 0.495 e. The number of nitrogens with one attached hydrogen (secondary N) is 1. The van der Waals surface area contributed by atoms with Crippen LogP contribution in [0.3, 0.4) is 0 Å². The third-order valence-corrected chi connectivity index (χ3v) is 4.23. The molecule has 0 bridgehead atoms. The minimum absolute atomic E-state index is 0.107. The Bertz CT molecular complexity index is 752. The predicted molar refractivity (Wildman–Crippen MR) is 94.3 cm³/mol. The van der Waals surface area contributed by atoms with E-state index in [1.165, 1.54) is 30.7 Å². The van der Waals surface area contributed by atoms with Gasteiger partial charge in [0.05, 0.1) is 36.5 Å². The zero-order valence-corrected chi connectivity index (χ0v) is 15.4. The average Bonchev–Trinajstić information content (AvgIpc) is 2.97. The van der Waals surface area contributed by atoms with Crippen molar-refractivity contribution in [2.75, 3.05) is 19.1 Å². The molecular weight excluding hydrogens is 401 g/mol. The van der Waals surface area contributed by atoms with Gasteiger partial charge in [0.1, 0.15) is 11.6 Å². The number of aromatic nitrogens is 1. The summed E-state index contributed by atoms with van der Waals surface area (Å²) in [7, 11) is 1.46. The highest BCUT2D eigenvalue weighted by atomic mass is 79.9. The summed E-state index contributed by atoms with van der Waals surface area (Å²) in [6.07, 6.45) is 1.45. The van der Waals surface area contributed by atoms with Crippen molar-refractivity contribution in [1.82, 2.24) is 4.98 Å². The highest BCUT2D eigenvalue weighted by Gasteiger charge is 2.09. The lowest BCUT2D eigenvalue weighted by Crippen LogP contribution is -2.07. The monoisotopic (exact) mass is 415 g/mol. The van der Waals surface area contributed by atoms with Crippen LogP contribution < -0.4 is 10.2 Å². The van der Waals surface area contributed by atoms with Crippen LogP contribution in [0.25, 0.3) is 0 Å². The molecule has 0 amide bonds. The number of esters is 1. The molecule has 1 N–H and O–H groups in total. The Kier molecular flexibility index (Phi) is 6.68. The van der Waals surface area contributed by atoms with Gasteiger partial charge < -0.3 is 9.47 Å². The Morgan fingerprint density at radius 3 is 3.04 bits per heavy atom. The molecule has 2 aromatic rings. The van der Waals surface area contributed by atoms with E-state index in [0.29, 0.717) is 33.2 Å². The van der Waals surface area contributed by atoms with Crippen LogP contribution in [0, 0.1) is 5.82 Å². The number of carbonyl (C=O) groups is 1. The molecule has 0 aliphatic rings. The van der Waals surface area contributed by atoms with Gasteiger partial charge in [-0.3, -0.25) is 10.2 Å².